The standard InChI is InChI=1S/C17H19N3O4S/c1-20-16-12-6-2-3-7-14(12)25(22,23)10-13(16)15(19-20)17(21)18-9-11-5-4-8-24-11/h2-3,6-7,11H,4-5,8-10H2,1H3,(H,18,21)/t11-/m1/s1. The van der Waals surface area contributed by atoms with E-state index in [-0.39, 0.29) is 28.4 Å². The third-order valence-corrected chi connectivity index (χ3v) is 6.38. The number of ether oxygens (including phenoxy) is 1. The maximum Gasteiger partial charge on any atom is 0.272 e. The van der Waals surface area contributed by atoms with E-state index in [0.29, 0.717) is 30.0 Å². The molecule has 0 unspecified atom stereocenters. The molecular weight excluding hydrogens is 342 g/mol. The van der Waals surface area contributed by atoms with Crippen molar-refractivity contribution in [3.63, 3.8) is 0 Å². The molecule has 1 atom stereocenters. The highest BCUT2D eigenvalue weighted by molar-refractivity contribution is 7.90. The van der Waals surface area contributed by atoms with Crippen LogP contribution in [0.15, 0.2) is 29.2 Å². The van der Waals surface area contributed by atoms with Crippen molar-refractivity contribution in [2.24, 2.45) is 7.05 Å². The van der Waals surface area contributed by atoms with E-state index >= 15 is 0 Å². The lowest BCUT2D eigenvalue weighted by molar-refractivity contribution is 0.0852. The average molecular weight is 361 g/mol. The van der Waals surface area contributed by atoms with Crippen molar-refractivity contribution in [3.05, 3.63) is 35.5 Å². The Labute approximate surface area is 145 Å². The zero-order valence-corrected chi connectivity index (χ0v) is 14.7. The molecule has 0 aliphatic carbocycles. The Morgan fingerprint density at radius 3 is 2.96 bits per heavy atom. The highest BCUT2D eigenvalue weighted by Crippen LogP contribution is 2.38. The highest BCUT2D eigenvalue weighted by Gasteiger charge is 2.34. The summed E-state index contributed by atoms with van der Waals surface area (Å²) >= 11 is 0. The van der Waals surface area contributed by atoms with E-state index in [1.807, 2.05) is 0 Å². The first kappa shape index (κ1) is 16.3. The van der Waals surface area contributed by atoms with Gasteiger partial charge >= 0.3 is 0 Å². The van der Waals surface area contributed by atoms with Gasteiger partial charge in [0, 0.05) is 31.3 Å². The number of carbonyl (C=O) groups is 1. The fourth-order valence-corrected chi connectivity index (χ4v) is 5.12. The quantitative estimate of drug-likeness (QED) is 0.889. The first-order chi connectivity index (χ1) is 12.0. The van der Waals surface area contributed by atoms with Gasteiger partial charge in [0.2, 0.25) is 0 Å². The summed E-state index contributed by atoms with van der Waals surface area (Å²) in [6.07, 6.45) is 1.93. The van der Waals surface area contributed by atoms with Crippen molar-refractivity contribution in [1.29, 1.82) is 0 Å². The van der Waals surface area contributed by atoms with Gasteiger partial charge in [-0.15, -0.1) is 0 Å². The highest BCUT2D eigenvalue weighted by atomic mass is 32.2. The van der Waals surface area contributed by atoms with Gasteiger partial charge < -0.3 is 10.1 Å². The Hall–Kier alpha value is -2.19. The summed E-state index contributed by atoms with van der Waals surface area (Å²) in [4.78, 5) is 12.9. The zero-order valence-electron chi connectivity index (χ0n) is 13.9. The summed E-state index contributed by atoms with van der Waals surface area (Å²) < 4.78 is 32.3. The summed E-state index contributed by atoms with van der Waals surface area (Å²) in [6.45, 7) is 1.13. The number of nitrogens with zero attached hydrogens (tertiary/aromatic N) is 2. The van der Waals surface area contributed by atoms with Crippen LogP contribution in [0.5, 0.6) is 0 Å². The van der Waals surface area contributed by atoms with Crippen molar-refractivity contribution in [2.45, 2.75) is 29.6 Å². The molecule has 0 spiro atoms. The molecule has 4 rings (SSSR count). The minimum absolute atomic E-state index is 0.0212. The molecule has 8 heteroatoms. The molecule has 1 aromatic heterocycles. The maximum absolute atomic E-state index is 12.6. The van der Waals surface area contributed by atoms with E-state index in [2.05, 4.69) is 10.4 Å². The minimum atomic E-state index is -3.49. The number of nitrogens with one attached hydrogen (secondary N) is 1. The van der Waals surface area contributed by atoms with Gasteiger partial charge in [-0.2, -0.15) is 5.10 Å². The smallest absolute Gasteiger partial charge is 0.272 e. The van der Waals surface area contributed by atoms with E-state index in [1.165, 1.54) is 0 Å². The van der Waals surface area contributed by atoms with Gasteiger partial charge in [-0.05, 0) is 18.9 Å². The molecule has 3 heterocycles. The summed E-state index contributed by atoms with van der Waals surface area (Å²) in [5.74, 6) is -0.572. The van der Waals surface area contributed by atoms with Crippen molar-refractivity contribution < 1.29 is 17.9 Å². The van der Waals surface area contributed by atoms with Crippen LogP contribution in [0.25, 0.3) is 11.3 Å². The number of benzene rings is 1. The van der Waals surface area contributed by atoms with Crippen LogP contribution in [0.3, 0.4) is 0 Å². The molecule has 1 N–H and O–H groups in total. The summed E-state index contributed by atoms with van der Waals surface area (Å²) in [6, 6.07) is 6.83. The molecule has 0 bridgehead atoms. The van der Waals surface area contributed by atoms with Crippen molar-refractivity contribution in [2.75, 3.05) is 13.2 Å². The molecule has 2 aliphatic heterocycles. The van der Waals surface area contributed by atoms with Gasteiger partial charge in [0.15, 0.2) is 15.5 Å². The van der Waals surface area contributed by atoms with Crippen molar-refractivity contribution in [1.82, 2.24) is 15.1 Å². The largest absolute Gasteiger partial charge is 0.376 e. The van der Waals surface area contributed by atoms with E-state index in [1.54, 1.807) is 36.0 Å². The van der Waals surface area contributed by atoms with Crippen LogP contribution in [0, 0.1) is 0 Å². The van der Waals surface area contributed by atoms with E-state index in [4.69, 9.17) is 4.74 Å². The third kappa shape index (κ3) is 2.75. The summed E-state index contributed by atoms with van der Waals surface area (Å²) in [7, 11) is -1.76. The number of rotatable bonds is 3. The number of hydrogen-bond donors (Lipinski definition) is 1. The predicted molar refractivity (Wildman–Crippen MR) is 90.8 cm³/mol. The van der Waals surface area contributed by atoms with Gasteiger partial charge in [-0.25, -0.2) is 8.42 Å². The van der Waals surface area contributed by atoms with Gasteiger partial charge in [0.1, 0.15) is 0 Å². The SMILES string of the molecule is Cn1nc(C(=O)NC[C@H]2CCCO2)c2c1-c1ccccc1S(=O)(=O)C2. The molecular formula is C17H19N3O4S. The first-order valence-electron chi connectivity index (χ1n) is 8.25. The van der Waals surface area contributed by atoms with Crippen LogP contribution >= 0.6 is 0 Å². The van der Waals surface area contributed by atoms with Crippen LogP contribution in [-0.2, 0) is 27.4 Å². The monoisotopic (exact) mass is 361 g/mol. The lowest BCUT2D eigenvalue weighted by Gasteiger charge is -2.18. The number of carbonyl (C=O) groups excluding carboxylic acids is 1. The number of aryl methyl sites for hydroxylation is 1. The number of fused-ring (bicyclic) bond motifs is 3. The average Bonchev–Trinajstić information content (AvgIpc) is 3.20. The lowest BCUT2D eigenvalue weighted by atomic mass is 10.1. The number of aromatic nitrogens is 2. The third-order valence-electron chi connectivity index (χ3n) is 4.69. The zero-order chi connectivity index (χ0) is 17.6. The second-order valence-electron chi connectivity index (χ2n) is 6.40. The molecule has 0 radical (unpaired) electrons. The van der Waals surface area contributed by atoms with Gasteiger partial charge in [0.05, 0.1) is 22.4 Å². The molecule has 132 valence electrons. The second kappa shape index (κ2) is 5.96. The fraction of sp³-hybridized carbons (Fsp3) is 0.412. The Balaban J connectivity index is 1.70. The first-order valence-corrected chi connectivity index (χ1v) is 9.90. The Bertz CT molecular complexity index is 943. The predicted octanol–water partition coefficient (Wildman–Crippen LogP) is 1.28. The summed E-state index contributed by atoms with van der Waals surface area (Å²) in [5.41, 5.74) is 1.92. The van der Waals surface area contributed by atoms with Crippen LogP contribution < -0.4 is 5.32 Å². The topological polar surface area (TPSA) is 90.3 Å². The summed E-state index contributed by atoms with van der Waals surface area (Å²) in [5, 5.41) is 7.12. The molecule has 1 fully saturated rings. The Morgan fingerprint density at radius 2 is 2.20 bits per heavy atom. The Morgan fingerprint density at radius 1 is 1.40 bits per heavy atom. The molecule has 0 saturated carbocycles. The molecule has 1 aromatic carbocycles. The molecule has 1 amide bonds. The molecule has 1 saturated heterocycles. The van der Waals surface area contributed by atoms with Crippen LogP contribution in [0.4, 0.5) is 0 Å². The van der Waals surface area contributed by atoms with Crippen LogP contribution in [0.1, 0.15) is 28.9 Å². The van der Waals surface area contributed by atoms with E-state index in [9.17, 15) is 13.2 Å². The normalized spacial score (nSPS) is 20.8. The Kier molecular flexibility index (Phi) is 3.88. The van der Waals surface area contributed by atoms with E-state index < -0.39 is 9.84 Å². The minimum Gasteiger partial charge on any atom is -0.376 e. The molecule has 7 nitrogen and oxygen atoms in total. The molecule has 2 aromatic rings. The van der Waals surface area contributed by atoms with Gasteiger partial charge in [0.25, 0.3) is 5.91 Å². The van der Waals surface area contributed by atoms with Gasteiger partial charge in [-0.3, -0.25) is 9.48 Å². The van der Waals surface area contributed by atoms with Crippen LogP contribution in [-0.4, -0.2) is 43.4 Å². The van der Waals surface area contributed by atoms with Crippen LogP contribution in [0.2, 0.25) is 0 Å². The van der Waals surface area contributed by atoms with Gasteiger partial charge in [-0.1, -0.05) is 18.2 Å². The number of amides is 1. The number of hydrogen-bond acceptors (Lipinski definition) is 5. The van der Waals surface area contributed by atoms with E-state index in [0.717, 1.165) is 12.8 Å². The molecule has 25 heavy (non-hydrogen) atoms. The lowest BCUT2D eigenvalue weighted by Crippen LogP contribution is -2.32. The van der Waals surface area contributed by atoms with Crippen molar-refractivity contribution >= 4 is 15.7 Å². The second-order valence-corrected chi connectivity index (χ2v) is 8.36. The van der Waals surface area contributed by atoms with Crippen molar-refractivity contribution in [3.8, 4) is 11.3 Å². The fourth-order valence-electron chi connectivity index (χ4n) is 3.52. The number of sulfone groups is 1. The maximum atomic E-state index is 12.6. The molecule has 2 aliphatic rings.